The summed E-state index contributed by atoms with van der Waals surface area (Å²) in [6, 6.07) is 5.69. The third kappa shape index (κ3) is 3.15. The summed E-state index contributed by atoms with van der Waals surface area (Å²) in [5.74, 6) is -0.564. The van der Waals surface area contributed by atoms with E-state index in [-0.39, 0.29) is 28.5 Å². The number of carbonyl (C=O) groups excluding carboxylic acids is 2. The highest BCUT2D eigenvalue weighted by atomic mass is 79.9. The van der Waals surface area contributed by atoms with Crippen molar-refractivity contribution in [1.82, 2.24) is 0 Å². The molecule has 0 aliphatic carbocycles. The quantitative estimate of drug-likeness (QED) is 0.614. The van der Waals surface area contributed by atoms with Crippen molar-refractivity contribution in [3.8, 4) is 0 Å². The van der Waals surface area contributed by atoms with Gasteiger partial charge in [-0.05, 0) is 23.1 Å². The number of fused-ring (bicyclic) bond motifs is 1. The number of amides is 2. The van der Waals surface area contributed by atoms with Gasteiger partial charge in [-0.15, -0.1) is 0 Å². The van der Waals surface area contributed by atoms with Crippen LogP contribution in [-0.4, -0.2) is 11.8 Å². The van der Waals surface area contributed by atoms with Crippen LogP contribution in [0, 0.1) is 5.41 Å². The first-order valence-corrected chi connectivity index (χ1v) is 7.06. The lowest BCUT2D eigenvalue weighted by atomic mass is 9.87. The molecule has 1 aromatic carbocycles. The first-order chi connectivity index (χ1) is 8.77. The van der Waals surface area contributed by atoms with Crippen LogP contribution in [0.1, 0.15) is 37.6 Å². The van der Waals surface area contributed by atoms with Crippen LogP contribution in [0.15, 0.2) is 18.2 Å². The minimum absolute atomic E-state index is 0.0617. The van der Waals surface area contributed by atoms with Gasteiger partial charge in [0.25, 0.3) is 0 Å². The van der Waals surface area contributed by atoms with Gasteiger partial charge in [0.15, 0.2) is 0 Å². The molecule has 1 heterocycles. The maximum atomic E-state index is 11.6. The van der Waals surface area contributed by atoms with Gasteiger partial charge >= 0.3 is 0 Å². The third-order valence-electron chi connectivity index (χ3n) is 2.97. The summed E-state index contributed by atoms with van der Waals surface area (Å²) in [6.07, 6.45) is -0.138. The van der Waals surface area contributed by atoms with Crippen molar-refractivity contribution in [3.63, 3.8) is 0 Å². The van der Waals surface area contributed by atoms with Crippen molar-refractivity contribution < 1.29 is 9.59 Å². The van der Waals surface area contributed by atoms with Crippen LogP contribution < -0.4 is 10.6 Å². The summed E-state index contributed by atoms with van der Waals surface area (Å²) in [6.45, 7) is 6.41. The molecule has 1 aromatic rings. The molecular formula is C14H17BrN2O2. The van der Waals surface area contributed by atoms with Gasteiger partial charge in [0.2, 0.25) is 11.8 Å². The normalized spacial score (nSPS) is 17.1. The van der Waals surface area contributed by atoms with Gasteiger partial charge in [0.05, 0.1) is 11.4 Å². The van der Waals surface area contributed by atoms with Gasteiger partial charge in [-0.1, -0.05) is 42.8 Å². The summed E-state index contributed by atoms with van der Waals surface area (Å²) in [4.78, 5) is 23.2. The second kappa shape index (κ2) is 4.96. The molecule has 0 saturated heterocycles. The second-order valence-corrected chi connectivity index (χ2v) is 6.72. The smallest absolute Gasteiger partial charge is 0.233 e. The molecule has 4 nitrogen and oxygen atoms in total. The Balaban J connectivity index is 2.38. The molecule has 0 fully saturated rings. The zero-order valence-corrected chi connectivity index (χ0v) is 12.8. The Morgan fingerprint density at radius 2 is 1.68 bits per heavy atom. The summed E-state index contributed by atoms with van der Waals surface area (Å²) in [5.41, 5.74) is 2.43. The first kappa shape index (κ1) is 14.1. The van der Waals surface area contributed by atoms with Gasteiger partial charge in [0.1, 0.15) is 6.42 Å². The number of rotatable bonds is 1. The van der Waals surface area contributed by atoms with E-state index in [1.807, 2.05) is 18.2 Å². The van der Waals surface area contributed by atoms with Crippen molar-refractivity contribution in [1.29, 1.82) is 0 Å². The Bertz CT molecular complexity index is 535. The maximum Gasteiger partial charge on any atom is 0.233 e. The molecule has 1 atom stereocenters. The summed E-state index contributed by atoms with van der Waals surface area (Å²) >= 11 is 3.68. The van der Waals surface area contributed by atoms with E-state index in [4.69, 9.17) is 0 Å². The Hall–Kier alpha value is -1.36. The number of anilines is 2. The largest absolute Gasteiger partial charge is 0.324 e. The second-order valence-electron chi connectivity index (χ2n) is 5.81. The van der Waals surface area contributed by atoms with Gasteiger partial charge in [-0.2, -0.15) is 0 Å². The highest BCUT2D eigenvalue weighted by molar-refractivity contribution is 9.09. The molecule has 19 heavy (non-hydrogen) atoms. The predicted octanol–water partition coefficient (Wildman–Crippen LogP) is 3.45. The number of hydrogen-bond acceptors (Lipinski definition) is 2. The van der Waals surface area contributed by atoms with Crippen molar-refractivity contribution in [3.05, 3.63) is 23.8 Å². The van der Waals surface area contributed by atoms with Crippen molar-refractivity contribution in [2.24, 2.45) is 5.41 Å². The maximum absolute atomic E-state index is 11.6. The van der Waals surface area contributed by atoms with Crippen molar-refractivity contribution >= 4 is 39.1 Å². The molecule has 0 saturated carbocycles. The molecule has 2 amide bonds. The third-order valence-corrected chi connectivity index (χ3v) is 4.87. The Labute approximate surface area is 121 Å². The van der Waals surface area contributed by atoms with E-state index in [1.54, 1.807) is 0 Å². The molecule has 0 radical (unpaired) electrons. The van der Waals surface area contributed by atoms with E-state index in [9.17, 15) is 9.59 Å². The topological polar surface area (TPSA) is 58.2 Å². The molecule has 0 spiro atoms. The van der Waals surface area contributed by atoms with Gasteiger partial charge in [-0.25, -0.2) is 0 Å². The molecule has 1 aliphatic heterocycles. The number of halogens is 1. The SMILES string of the molecule is CC(C)(C)C(Br)c1ccc2c(c1)NC(=O)CC(=O)N2. The van der Waals surface area contributed by atoms with Crippen molar-refractivity contribution in [2.75, 3.05) is 10.6 Å². The van der Waals surface area contributed by atoms with E-state index >= 15 is 0 Å². The zero-order chi connectivity index (χ0) is 14.2. The Kier molecular flexibility index (Phi) is 3.67. The van der Waals surface area contributed by atoms with Gasteiger partial charge in [-0.3, -0.25) is 9.59 Å². The zero-order valence-electron chi connectivity index (χ0n) is 11.2. The fourth-order valence-corrected chi connectivity index (χ4v) is 2.25. The van der Waals surface area contributed by atoms with E-state index < -0.39 is 0 Å². The lowest BCUT2D eigenvalue weighted by molar-refractivity contribution is -0.123. The van der Waals surface area contributed by atoms with E-state index in [1.165, 1.54) is 0 Å². The average Bonchev–Trinajstić information content (AvgIpc) is 2.42. The van der Waals surface area contributed by atoms with Crippen LogP contribution in [0.25, 0.3) is 0 Å². The predicted molar refractivity (Wildman–Crippen MR) is 79.4 cm³/mol. The van der Waals surface area contributed by atoms with Gasteiger partial charge < -0.3 is 10.6 Å². The minimum Gasteiger partial charge on any atom is -0.324 e. The highest BCUT2D eigenvalue weighted by Crippen LogP contribution is 2.42. The lowest BCUT2D eigenvalue weighted by Crippen LogP contribution is -2.16. The van der Waals surface area contributed by atoms with E-state index in [0.717, 1.165) is 5.56 Å². The van der Waals surface area contributed by atoms with E-state index in [2.05, 4.69) is 47.3 Å². The monoisotopic (exact) mass is 324 g/mol. The summed E-state index contributed by atoms with van der Waals surface area (Å²) in [5, 5.41) is 5.48. The Morgan fingerprint density at radius 1 is 1.11 bits per heavy atom. The van der Waals surface area contributed by atoms with Crippen LogP contribution in [0.3, 0.4) is 0 Å². The molecule has 102 valence electrons. The molecule has 0 aromatic heterocycles. The molecule has 2 N–H and O–H groups in total. The number of nitrogens with one attached hydrogen (secondary N) is 2. The first-order valence-electron chi connectivity index (χ1n) is 6.15. The van der Waals surface area contributed by atoms with Crippen LogP contribution in [0.4, 0.5) is 11.4 Å². The molecule has 2 rings (SSSR count). The van der Waals surface area contributed by atoms with E-state index in [0.29, 0.717) is 11.4 Å². The lowest BCUT2D eigenvalue weighted by Gasteiger charge is -2.26. The molecule has 0 bridgehead atoms. The molecule has 5 heteroatoms. The van der Waals surface area contributed by atoms with Crippen LogP contribution in [0.2, 0.25) is 0 Å². The van der Waals surface area contributed by atoms with Crippen LogP contribution >= 0.6 is 15.9 Å². The highest BCUT2D eigenvalue weighted by Gasteiger charge is 2.25. The van der Waals surface area contributed by atoms with Gasteiger partial charge in [0, 0.05) is 4.83 Å². The molecule has 1 aliphatic rings. The fourth-order valence-electron chi connectivity index (χ4n) is 1.97. The van der Waals surface area contributed by atoms with Crippen LogP contribution in [0.5, 0.6) is 0 Å². The molecule has 1 unspecified atom stereocenters. The summed E-state index contributed by atoms with van der Waals surface area (Å²) < 4.78 is 0. The average molecular weight is 325 g/mol. The number of alkyl halides is 1. The van der Waals surface area contributed by atoms with Crippen LogP contribution in [-0.2, 0) is 9.59 Å². The number of carbonyl (C=O) groups is 2. The minimum atomic E-state index is -0.282. The fraction of sp³-hybridized carbons (Fsp3) is 0.429. The number of hydrogen-bond donors (Lipinski definition) is 2. The summed E-state index contributed by atoms with van der Waals surface area (Å²) in [7, 11) is 0. The molecular weight excluding hydrogens is 308 g/mol. The number of benzene rings is 1. The van der Waals surface area contributed by atoms with Crippen molar-refractivity contribution in [2.45, 2.75) is 32.0 Å². The Morgan fingerprint density at radius 3 is 2.26 bits per heavy atom. The standard InChI is InChI=1S/C14H17BrN2O2/c1-14(2,3)13(15)8-4-5-9-10(6-8)17-12(19)7-11(18)16-9/h4-6,13H,7H2,1-3H3,(H,16,18)(H,17,19).